The Kier molecular flexibility index (Phi) is 12.2. The summed E-state index contributed by atoms with van der Waals surface area (Å²) in [5.41, 5.74) is 0.510. The van der Waals surface area contributed by atoms with Gasteiger partial charge < -0.3 is 4.74 Å². The number of hydrogen-bond donors (Lipinski definition) is 0. The van der Waals surface area contributed by atoms with Gasteiger partial charge in [-0.1, -0.05) is 69.4 Å². The molecule has 128 valence electrons. The van der Waals surface area contributed by atoms with E-state index in [4.69, 9.17) is 4.74 Å². The molecular weight excluding hydrogens is 287 g/mol. The third-order valence-corrected chi connectivity index (χ3v) is 3.79. The first-order valence-electron chi connectivity index (χ1n) is 9.15. The van der Waals surface area contributed by atoms with Gasteiger partial charge in [0.2, 0.25) is 0 Å². The van der Waals surface area contributed by atoms with Gasteiger partial charge in [0.1, 0.15) is 5.82 Å². The van der Waals surface area contributed by atoms with Gasteiger partial charge in [-0.2, -0.15) is 0 Å². The van der Waals surface area contributed by atoms with Crippen LogP contribution in [0.5, 0.6) is 0 Å². The molecule has 1 rings (SSSR count). The summed E-state index contributed by atoms with van der Waals surface area (Å²) >= 11 is 0. The summed E-state index contributed by atoms with van der Waals surface area (Å²) in [4.78, 5) is 0. The molecule has 0 heterocycles. The van der Waals surface area contributed by atoms with E-state index in [1.165, 1.54) is 51.0 Å². The maximum atomic E-state index is 13.3. The first-order chi connectivity index (χ1) is 11.3. The lowest BCUT2D eigenvalue weighted by Crippen LogP contribution is -1.95. The van der Waals surface area contributed by atoms with Gasteiger partial charge in [0.05, 0.1) is 5.56 Å². The van der Waals surface area contributed by atoms with Crippen molar-refractivity contribution in [2.24, 2.45) is 0 Å². The molecule has 0 N–H and O–H groups in total. The standard InChI is InChI=1S/C21H31FO/c1-2-18-23-19-14-10-8-6-4-3-5-7-9-11-15-20-16-12-13-17-21(20)22/h12-13,16-17H,2-10,14,18-19H2,1H3. The minimum atomic E-state index is -0.222. The Balaban J connectivity index is 1.88. The van der Waals surface area contributed by atoms with Crippen LogP contribution in [0.4, 0.5) is 4.39 Å². The second-order valence-electron chi connectivity index (χ2n) is 5.97. The fourth-order valence-corrected chi connectivity index (χ4v) is 2.44. The molecule has 1 nitrogen and oxygen atoms in total. The first kappa shape index (κ1) is 19.7. The van der Waals surface area contributed by atoms with Crippen LogP contribution in [0.15, 0.2) is 24.3 Å². The molecule has 0 aliphatic carbocycles. The molecule has 0 amide bonds. The zero-order valence-electron chi connectivity index (χ0n) is 14.6. The number of hydrogen-bond acceptors (Lipinski definition) is 1. The Morgan fingerprint density at radius 2 is 1.52 bits per heavy atom. The molecule has 0 saturated carbocycles. The van der Waals surface area contributed by atoms with Gasteiger partial charge in [0.15, 0.2) is 0 Å². The number of benzene rings is 1. The van der Waals surface area contributed by atoms with Gasteiger partial charge in [-0.15, -0.1) is 0 Å². The Bertz CT molecular complexity index is 458. The van der Waals surface area contributed by atoms with E-state index in [2.05, 4.69) is 18.8 Å². The van der Waals surface area contributed by atoms with Gasteiger partial charge >= 0.3 is 0 Å². The number of ether oxygens (including phenoxy) is 1. The highest BCUT2D eigenvalue weighted by atomic mass is 19.1. The first-order valence-corrected chi connectivity index (χ1v) is 9.15. The number of halogens is 1. The van der Waals surface area contributed by atoms with E-state index in [9.17, 15) is 4.39 Å². The fraction of sp³-hybridized carbons (Fsp3) is 0.619. The van der Waals surface area contributed by atoms with Crippen LogP contribution in [-0.4, -0.2) is 13.2 Å². The van der Waals surface area contributed by atoms with Crippen molar-refractivity contribution in [1.29, 1.82) is 0 Å². The monoisotopic (exact) mass is 318 g/mol. The van der Waals surface area contributed by atoms with Crippen LogP contribution in [-0.2, 0) is 4.74 Å². The largest absolute Gasteiger partial charge is 0.381 e. The third kappa shape index (κ3) is 10.9. The molecule has 0 aliphatic heterocycles. The minimum Gasteiger partial charge on any atom is -0.381 e. The molecule has 1 aromatic carbocycles. The maximum Gasteiger partial charge on any atom is 0.138 e. The van der Waals surface area contributed by atoms with E-state index in [1.807, 2.05) is 6.07 Å². The third-order valence-electron chi connectivity index (χ3n) is 3.79. The summed E-state index contributed by atoms with van der Waals surface area (Å²) in [5, 5.41) is 0. The lowest BCUT2D eigenvalue weighted by atomic mass is 10.1. The van der Waals surface area contributed by atoms with E-state index >= 15 is 0 Å². The van der Waals surface area contributed by atoms with Crippen LogP contribution in [0, 0.1) is 17.7 Å². The minimum absolute atomic E-state index is 0.222. The Labute approximate surface area is 141 Å². The topological polar surface area (TPSA) is 9.23 Å². The van der Waals surface area contributed by atoms with Crippen molar-refractivity contribution in [1.82, 2.24) is 0 Å². The molecule has 0 bridgehead atoms. The van der Waals surface area contributed by atoms with E-state index < -0.39 is 0 Å². The SMILES string of the molecule is CCCOCCCCCCCCCCC#Cc1ccccc1F. The second-order valence-corrected chi connectivity index (χ2v) is 5.97. The number of unbranched alkanes of at least 4 members (excludes halogenated alkanes) is 8. The predicted octanol–water partition coefficient (Wildman–Crippen LogP) is 6.11. The molecule has 0 saturated heterocycles. The zero-order valence-corrected chi connectivity index (χ0v) is 14.6. The van der Waals surface area contributed by atoms with Gasteiger partial charge in [-0.25, -0.2) is 4.39 Å². The lowest BCUT2D eigenvalue weighted by molar-refractivity contribution is 0.130. The summed E-state index contributed by atoms with van der Waals surface area (Å²) in [6.07, 6.45) is 12.1. The zero-order chi connectivity index (χ0) is 16.6. The van der Waals surface area contributed by atoms with Gasteiger partial charge in [0.25, 0.3) is 0 Å². The predicted molar refractivity (Wildman–Crippen MR) is 95.9 cm³/mol. The van der Waals surface area contributed by atoms with E-state index in [1.54, 1.807) is 12.1 Å². The van der Waals surface area contributed by atoms with Crippen molar-refractivity contribution in [2.75, 3.05) is 13.2 Å². The van der Waals surface area contributed by atoms with Crippen LogP contribution in [0.3, 0.4) is 0 Å². The van der Waals surface area contributed by atoms with Crippen molar-refractivity contribution < 1.29 is 9.13 Å². The van der Waals surface area contributed by atoms with Crippen LogP contribution < -0.4 is 0 Å². The highest BCUT2D eigenvalue weighted by molar-refractivity contribution is 5.34. The average molecular weight is 318 g/mol. The summed E-state index contributed by atoms with van der Waals surface area (Å²) in [7, 11) is 0. The molecule has 2 heteroatoms. The number of rotatable bonds is 12. The molecule has 0 radical (unpaired) electrons. The van der Waals surface area contributed by atoms with E-state index in [-0.39, 0.29) is 5.82 Å². The Morgan fingerprint density at radius 3 is 2.22 bits per heavy atom. The lowest BCUT2D eigenvalue weighted by Gasteiger charge is -2.03. The average Bonchev–Trinajstić information content (AvgIpc) is 2.57. The molecule has 0 unspecified atom stereocenters. The van der Waals surface area contributed by atoms with Crippen molar-refractivity contribution >= 4 is 0 Å². The van der Waals surface area contributed by atoms with Gasteiger partial charge in [-0.05, 0) is 31.4 Å². The molecule has 0 spiro atoms. The summed E-state index contributed by atoms with van der Waals surface area (Å²) in [6.45, 7) is 3.97. The van der Waals surface area contributed by atoms with Crippen molar-refractivity contribution in [3.63, 3.8) is 0 Å². The van der Waals surface area contributed by atoms with E-state index in [0.717, 1.165) is 32.5 Å². The molecule has 23 heavy (non-hydrogen) atoms. The van der Waals surface area contributed by atoms with Crippen LogP contribution in [0.2, 0.25) is 0 Å². The normalized spacial score (nSPS) is 10.3. The molecule has 0 atom stereocenters. The second kappa shape index (κ2) is 14.3. The van der Waals surface area contributed by atoms with E-state index in [0.29, 0.717) is 5.56 Å². The molecular formula is C21H31FO. The molecule has 0 aromatic heterocycles. The highest BCUT2D eigenvalue weighted by Crippen LogP contribution is 2.10. The van der Waals surface area contributed by atoms with Crippen LogP contribution in [0.1, 0.15) is 76.7 Å². The van der Waals surface area contributed by atoms with Gasteiger partial charge in [0, 0.05) is 19.6 Å². The molecule has 0 fully saturated rings. The van der Waals surface area contributed by atoms with Crippen molar-refractivity contribution in [3.05, 3.63) is 35.6 Å². The fourth-order valence-electron chi connectivity index (χ4n) is 2.44. The summed E-state index contributed by atoms with van der Waals surface area (Å²) < 4.78 is 18.8. The van der Waals surface area contributed by atoms with Crippen molar-refractivity contribution in [3.8, 4) is 11.8 Å². The van der Waals surface area contributed by atoms with Crippen LogP contribution >= 0.6 is 0 Å². The summed E-state index contributed by atoms with van der Waals surface area (Å²) in [5.74, 6) is 5.77. The Hall–Kier alpha value is -1.33. The highest BCUT2D eigenvalue weighted by Gasteiger charge is 1.95. The van der Waals surface area contributed by atoms with Crippen molar-refractivity contribution in [2.45, 2.75) is 71.1 Å². The van der Waals surface area contributed by atoms with Gasteiger partial charge in [-0.3, -0.25) is 0 Å². The smallest absolute Gasteiger partial charge is 0.138 e. The molecule has 0 aliphatic rings. The van der Waals surface area contributed by atoms with Crippen LogP contribution in [0.25, 0.3) is 0 Å². The maximum absolute atomic E-state index is 13.3. The Morgan fingerprint density at radius 1 is 0.870 bits per heavy atom. The summed E-state index contributed by atoms with van der Waals surface area (Å²) in [6, 6.07) is 6.71. The quantitative estimate of drug-likeness (QED) is 0.333. The molecule has 1 aromatic rings.